The number of nitrogens with one attached hydrogen (secondary N) is 2. The highest BCUT2D eigenvalue weighted by atomic mass is 16.4. The largest absolute Gasteiger partial charge is 0.456 e. The number of hydrogen-bond acceptors (Lipinski definition) is 3. The lowest BCUT2D eigenvalue weighted by Gasteiger charge is -2.34. The molecule has 3 amide bonds. The van der Waals surface area contributed by atoms with Crippen LogP contribution in [0.3, 0.4) is 0 Å². The Kier molecular flexibility index (Phi) is 5.57. The van der Waals surface area contributed by atoms with Gasteiger partial charge in [0, 0.05) is 31.1 Å². The number of piperidine rings is 1. The molecule has 6 heteroatoms. The summed E-state index contributed by atoms with van der Waals surface area (Å²) in [7, 11) is 0. The van der Waals surface area contributed by atoms with Crippen molar-refractivity contribution in [1.29, 1.82) is 0 Å². The fourth-order valence-electron chi connectivity index (χ4n) is 2.87. The maximum Gasteiger partial charge on any atom is 0.317 e. The Morgan fingerprint density at radius 3 is 2.42 bits per heavy atom. The van der Waals surface area contributed by atoms with E-state index in [2.05, 4.69) is 10.6 Å². The summed E-state index contributed by atoms with van der Waals surface area (Å²) in [6.07, 6.45) is 2.29. The molecule has 134 valence electrons. The van der Waals surface area contributed by atoms with E-state index in [1.54, 1.807) is 11.0 Å². The van der Waals surface area contributed by atoms with Crippen molar-refractivity contribution in [3.05, 3.63) is 23.2 Å². The Hall–Kier alpha value is -1.98. The molecule has 1 saturated heterocycles. The zero-order chi connectivity index (χ0) is 17.9. The van der Waals surface area contributed by atoms with Crippen LogP contribution in [0.5, 0.6) is 0 Å². The first kappa shape index (κ1) is 18.4. The molecule has 0 radical (unpaired) electrons. The van der Waals surface area contributed by atoms with Gasteiger partial charge in [-0.05, 0) is 52.2 Å². The maximum atomic E-state index is 12.3. The molecule has 6 nitrogen and oxygen atoms in total. The van der Waals surface area contributed by atoms with E-state index in [-0.39, 0.29) is 23.5 Å². The number of urea groups is 1. The highest BCUT2D eigenvalue weighted by Gasteiger charge is 2.26. The second-order valence-electron chi connectivity index (χ2n) is 7.49. The van der Waals surface area contributed by atoms with Crippen molar-refractivity contribution in [2.45, 2.75) is 65.5 Å². The van der Waals surface area contributed by atoms with E-state index in [9.17, 15) is 9.59 Å². The van der Waals surface area contributed by atoms with E-state index in [0.29, 0.717) is 18.8 Å². The van der Waals surface area contributed by atoms with Crippen molar-refractivity contribution >= 4 is 11.9 Å². The van der Waals surface area contributed by atoms with E-state index in [4.69, 9.17) is 4.42 Å². The van der Waals surface area contributed by atoms with Gasteiger partial charge in [0.25, 0.3) is 5.91 Å². The number of carbonyl (C=O) groups is 2. The summed E-state index contributed by atoms with van der Waals surface area (Å²) in [4.78, 5) is 26.3. The number of rotatable bonds is 3. The van der Waals surface area contributed by atoms with Crippen molar-refractivity contribution in [2.75, 3.05) is 13.1 Å². The monoisotopic (exact) mass is 335 g/mol. The van der Waals surface area contributed by atoms with Gasteiger partial charge in [-0.25, -0.2) is 4.79 Å². The van der Waals surface area contributed by atoms with Crippen LogP contribution in [-0.2, 0) is 6.42 Å². The normalized spacial score (nSPS) is 16.1. The molecule has 1 aromatic heterocycles. The van der Waals surface area contributed by atoms with E-state index in [0.717, 1.165) is 30.6 Å². The third kappa shape index (κ3) is 4.76. The first-order valence-corrected chi connectivity index (χ1v) is 8.67. The van der Waals surface area contributed by atoms with Crippen LogP contribution in [0.25, 0.3) is 0 Å². The van der Waals surface area contributed by atoms with Gasteiger partial charge in [0.05, 0.1) is 0 Å². The Balaban J connectivity index is 1.84. The van der Waals surface area contributed by atoms with Gasteiger partial charge < -0.3 is 20.0 Å². The number of furan rings is 1. The molecule has 24 heavy (non-hydrogen) atoms. The lowest BCUT2D eigenvalue weighted by Crippen LogP contribution is -2.53. The van der Waals surface area contributed by atoms with Crippen LogP contribution < -0.4 is 10.6 Å². The van der Waals surface area contributed by atoms with Crippen molar-refractivity contribution in [1.82, 2.24) is 15.5 Å². The summed E-state index contributed by atoms with van der Waals surface area (Å²) in [5.41, 5.74) is 0.771. The van der Waals surface area contributed by atoms with Crippen LogP contribution in [0, 0.1) is 6.92 Å². The third-order valence-corrected chi connectivity index (χ3v) is 4.16. The molecular weight excluding hydrogens is 306 g/mol. The molecule has 0 aromatic carbocycles. The average Bonchev–Trinajstić information content (AvgIpc) is 2.87. The Labute approximate surface area is 144 Å². The molecule has 2 rings (SSSR count). The van der Waals surface area contributed by atoms with Gasteiger partial charge in [-0.15, -0.1) is 0 Å². The fourth-order valence-corrected chi connectivity index (χ4v) is 2.87. The van der Waals surface area contributed by atoms with E-state index >= 15 is 0 Å². The number of carbonyl (C=O) groups excluding carboxylic acids is 2. The maximum absolute atomic E-state index is 12.3. The Morgan fingerprint density at radius 1 is 1.29 bits per heavy atom. The first-order valence-electron chi connectivity index (χ1n) is 8.67. The highest BCUT2D eigenvalue weighted by molar-refractivity contribution is 5.92. The van der Waals surface area contributed by atoms with Crippen LogP contribution in [0.15, 0.2) is 10.5 Å². The molecule has 2 heterocycles. The van der Waals surface area contributed by atoms with Gasteiger partial charge in [0.2, 0.25) is 0 Å². The van der Waals surface area contributed by atoms with Crippen LogP contribution >= 0.6 is 0 Å². The Bertz CT molecular complexity index is 593. The number of nitrogens with zero attached hydrogens (tertiary/aromatic N) is 1. The number of aryl methyl sites for hydroxylation is 2. The van der Waals surface area contributed by atoms with Gasteiger partial charge in [-0.3, -0.25) is 4.79 Å². The summed E-state index contributed by atoms with van der Waals surface area (Å²) in [6.45, 7) is 11.1. The smallest absolute Gasteiger partial charge is 0.317 e. The molecule has 1 aliphatic rings. The van der Waals surface area contributed by atoms with Gasteiger partial charge >= 0.3 is 6.03 Å². The molecule has 0 bridgehead atoms. The third-order valence-electron chi connectivity index (χ3n) is 4.16. The lowest BCUT2D eigenvalue weighted by atomic mass is 10.0. The standard InChI is InChI=1S/C18H29N3O3/c1-6-14-12(2)11-15(24-14)16(22)19-13-7-9-21(10-8-13)17(23)20-18(3,4)5/h11,13H,6-10H2,1-5H3,(H,19,22)(H,20,23). The predicted octanol–water partition coefficient (Wildman–Crippen LogP) is 2.85. The molecule has 0 saturated carbocycles. The highest BCUT2D eigenvalue weighted by Crippen LogP contribution is 2.17. The van der Waals surface area contributed by atoms with E-state index in [1.807, 2.05) is 34.6 Å². The van der Waals surface area contributed by atoms with Gasteiger partial charge in [-0.2, -0.15) is 0 Å². The Morgan fingerprint density at radius 2 is 1.92 bits per heavy atom. The summed E-state index contributed by atoms with van der Waals surface area (Å²) in [6, 6.07) is 1.83. The molecule has 0 atom stereocenters. The molecule has 2 N–H and O–H groups in total. The molecule has 0 aliphatic carbocycles. The molecule has 0 spiro atoms. The van der Waals surface area contributed by atoms with Crippen molar-refractivity contribution < 1.29 is 14.0 Å². The van der Waals surface area contributed by atoms with Crippen molar-refractivity contribution in [2.24, 2.45) is 0 Å². The summed E-state index contributed by atoms with van der Waals surface area (Å²) >= 11 is 0. The van der Waals surface area contributed by atoms with Gasteiger partial charge in [0.15, 0.2) is 5.76 Å². The number of hydrogen-bond donors (Lipinski definition) is 2. The minimum atomic E-state index is -0.240. The van der Waals surface area contributed by atoms with Gasteiger partial charge in [-0.1, -0.05) is 6.92 Å². The van der Waals surface area contributed by atoms with Gasteiger partial charge in [0.1, 0.15) is 5.76 Å². The van der Waals surface area contributed by atoms with Crippen LogP contribution in [-0.4, -0.2) is 41.5 Å². The second-order valence-corrected chi connectivity index (χ2v) is 7.49. The minimum Gasteiger partial charge on any atom is -0.456 e. The van der Waals surface area contributed by atoms with E-state index < -0.39 is 0 Å². The quantitative estimate of drug-likeness (QED) is 0.892. The molecule has 1 fully saturated rings. The predicted molar refractivity (Wildman–Crippen MR) is 93.2 cm³/mol. The van der Waals surface area contributed by atoms with Crippen LogP contribution in [0.2, 0.25) is 0 Å². The minimum absolute atomic E-state index is 0.0403. The van der Waals surface area contributed by atoms with Crippen molar-refractivity contribution in [3.63, 3.8) is 0 Å². The summed E-state index contributed by atoms with van der Waals surface area (Å²) in [5, 5.41) is 5.99. The average molecular weight is 335 g/mol. The SMILES string of the molecule is CCc1oc(C(=O)NC2CCN(C(=O)NC(C)(C)C)CC2)cc1C. The topological polar surface area (TPSA) is 74.6 Å². The van der Waals surface area contributed by atoms with Crippen molar-refractivity contribution in [3.8, 4) is 0 Å². The van der Waals surface area contributed by atoms with E-state index in [1.165, 1.54) is 0 Å². The summed E-state index contributed by atoms with van der Waals surface area (Å²) < 4.78 is 5.59. The fraction of sp³-hybridized carbons (Fsp3) is 0.667. The number of amides is 3. The van der Waals surface area contributed by atoms with Crippen LogP contribution in [0.4, 0.5) is 4.79 Å². The molecule has 1 aliphatic heterocycles. The molecule has 1 aromatic rings. The zero-order valence-electron chi connectivity index (χ0n) is 15.4. The number of likely N-dealkylation sites (tertiary alicyclic amines) is 1. The lowest BCUT2D eigenvalue weighted by molar-refractivity contribution is 0.0887. The zero-order valence-corrected chi connectivity index (χ0v) is 15.4. The molecular formula is C18H29N3O3. The van der Waals surface area contributed by atoms with Crippen LogP contribution in [0.1, 0.15) is 62.4 Å². The first-order chi connectivity index (χ1) is 11.2. The molecule has 0 unspecified atom stereocenters. The second kappa shape index (κ2) is 7.28. The summed E-state index contributed by atoms with van der Waals surface area (Å²) in [5.74, 6) is 1.06.